The zero-order valence-corrected chi connectivity index (χ0v) is 27.1. The molecule has 2 nitrogen and oxygen atoms in total. The van der Waals surface area contributed by atoms with Crippen molar-refractivity contribution in [2.75, 3.05) is 4.90 Å². The van der Waals surface area contributed by atoms with Crippen LogP contribution in [0, 0.1) is 0 Å². The first-order valence-electron chi connectivity index (χ1n) is 15.9. The number of nitrogens with zero attached hydrogens (tertiary/aromatic N) is 1. The predicted molar refractivity (Wildman–Crippen MR) is 183 cm³/mol. The smallest absolute Gasteiger partial charge is 0.292 e. The molecule has 4 aromatic carbocycles. The lowest BCUT2D eigenvalue weighted by atomic mass is 9.32. The van der Waals surface area contributed by atoms with Gasteiger partial charge in [0.25, 0.3) is 6.71 Å². The lowest BCUT2D eigenvalue weighted by Crippen LogP contribution is -2.63. The maximum Gasteiger partial charge on any atom is 0.292 e. The van der Waals surface area contributed by atoms with E-state index in [2.05, 4.69) is 146 Å². The summed E-state index contributed by atoms with van der Waals surface area (Å²) < 4.78 is 7.03. The highest BCUT2D eigenvalue weighted by Gasteiger charge is 2.51. The van der Waals surface area contributed by atoms with E-state index in [1.807, 2.05) is 0 Å². The fourth-order valence-electron chi connectivity index (χ4n) is 9.02. The third-order valence-electron chi connectivity index (χ3n) is 10.8. The first-order chi connectivity index (χ1) is 20.2. The standard InChI is InChI=1S/C40H42BNO/c1-37(2,3)24-18-19-33-26(20-24)34-36(43-33)41-30-21-28-29(39(6,7)23-38(28,4)5)22-32(30)42(25-14-11-10-12-15-25)31-17-13-16-27(35(31)41)40(34,8)9/h10-22H,23H2,1-9H3. The maximum atomic E-state index is 7.03. The van der Waals surface area contributed by atoms with E-state index in [9.17, 15) is 0 Å². The monoisotopic (exact) mass is 563 g/mol. The molecule has 1 aliphatic carbocycles. The highest BCUT2D eigenvalue weighted by atomic mass is 16.3. The van der Waals surface area contributed by atoms with Gasteiger partial charge in [0.15, 0.2) is 0 Å². The minimum atomic E-state index is -0.212. The van der Waals surface area contributed by atoms with Gasteiger partial charge < -0.3 is 9.32 Å². The molecule has 0 spiro atoms. The molecule has 3 heterocycles. The molecule has 5 aromatic rings. The van der Waals surface area contributed by atoms with Gasteiger partial charge in [0.2, 0.25) is 0 Å². The second-order valence-electron chi connectivity index (χ2n) is 16.2. The number of hydrogen-bond acceptors (Lipinski definition) is 2. The summed E-state index contributed by atoms with van der Waals surface area (Å²) in [6, 6.07) is 29.9. The molecule has 1 aromatic heterocycles. The average molecular weight is 564 g/mol. The molecule has 0 radical (unpaired) electrons. The van der Waals surface area contributed by atoms with Crippen LogP contribution in [0.15, 0.2) is 83.3 Å². The molecule has 0 saturated heterocycles. The van der Waals surface area contributed by atoms with Gasteiger partial charge in [-0.1, -0.05) is 105 Å². The SMILES string of the molecule is CC(C)(C)c1ccc2oc3c(c2c1)C(C)(C)c1cccc2c1B3c1cc3c(cc1N2c1ccccc1)C(C)(C)CC3(C)C. The van der Waals surface area contributed by atoms with E-state index in [0.29, 0.717) is 0 Å². The third-order valence-corrected chi connectivity index (χ3v) is 10.8. The van der Waals surface area contributed by atoms with Crippen LogP contribution in [0.4, 0.5) is 17.1 Å². The molecule has 0 amide bonds. The van der Waals surface area contributed by atoms with E-state index in [1.54, 1.807) is 0 Å². The van der Waals surface area contributed by atoms with E-state index in [1.165, 1.54) is 61.2 Å². The number of anilines is 3. The van der Waals surface area contributed by atoms with Gasteiger partial charge >= 0.3 is 0 Å². The number of furan rings is 1. The van der Waals surface area contributed by atoms with Gasteiger partial charge in [-0.25, -0.2) is 0 Å². The Morgan fingerprint density at radius 1 is 0.721 bits per heavy atom. The number of fused-ring (bicyclic) bond motifs is 7. The van der Waals surface area contributed by atoms with Crippen LogP contribution in [0.25, 0.3) is 11.0 Å². The second-order valence-corrected chi connectivity index (χ2v) is 16.2. The molecule has 2 aliphatic heterocycles. The summed E-state index contributed by atoms with van der Waals surface area (Å²) in [6.45, 7) is 21.4. The van der Waals surface area contributed by atoms with Crippen LogP contribution in [0.3, 0.4) is 0 Å². The minimum Gasteiger partial charge on any atom is -0.470 e. The molecule has 0 atom stereocenters. The van der Waals surface area contributed by atoms with Crippen molar-refractivity contribution < 1.29 is 4.42 Å². The van der Waals surface area contributed by atoms with Gasteiger partial charge in [-0.15, -0.1) is 0 Å². The van der Waals surface area contributed by atoms with Crippen molar-refractivity contribution in [2.45, 2.75) is 90.4 Å². The van der Waals surface area contributed by atoms with Crippen LogP contribution in [-0.4, -0.2) is 6.71 Å². The molecule has 0 fully saturated rings. The Balaban J connectivity index is 1.50. The van der Waals surface area contributed by atoms with Gasteiger partial charge in [0.05, 0.1) is 5.66 Å². The van der Waals surface area contributed by atoms with Crippen molar-refractivity contribution in [3.05, 3.63) is 107 Å². The largest absolute Gasteiger partial charge is 0.470 e. The van der Waals surface area contributed by atoms with Crippen LogP contribution < -0.4 is 21.5 Å². The van der Waals surface area contributed by atoms with Crippen molar-refractivity contribution in [3.8, 4) is 0 Å². The third kappa shape index (κ3) is 3.54. The van der Waals surface area contributed by atoms with Crippen molar-refractivity contribution in [3.63, 3.8) is 0 Å². The topological polar surface area (TPSA) is 16.4 Å². The second kappa shape index (κ2) is 8.26. The molecule has 216 valence electrons. The Morgan fingerprint density at radius 2 is 1.42 bits per heavy atom. The summed E-state index contributed by atoms with van der Waals surface area (Å²) >= 11 is 0. The number of hydrogen-bond donors (Lipinski definition) is 0. The molecule has 3 heteroatoms. The van der Waals surface area contributed by atoms with Crippen molar-refractivity contribution in [1.82, 2.24) is 0 Å². The maximum absolute atomic E-state index is 7.03. The normalized spacial score (nSPS) is 18.7. The highest BCUT2D eigenvalue weighted by molar-refractivity contribution is 6.98. The molecule has 0 unspecified atom stereocenters. The van der Waals surface area contributed by atoms with E-state index < -0.39 is 0 Å². The number of rotatable bonds is 1. The minimum absolute atomic E-state index is 0.0412. The zero-order chi connectivity index (χ0) is 30.3. The fourth-order valence-corrected chi connectivity index (χ4v) is 9.02. The van der Waals surface area contributed by atoms with Crippen LogP contribution in [0.2, 0.25) is 0 Å². The summed E-state index contributed by atoms with van der Waals surface area (Å²) in [4.78, 5) is 2.52. The van der Waals surface area contributed by atoms with Crippen LogP contribution in [0.5, 0.6) is 0 Å². The van der Waals surface area contributed by atoms with Gasteiger partial charge in [-0.2, -0.15) is 0 Å². The lowest BCUT2D eigenvalue weighted by Gasteiger charge is -2.44. The predicted octanol–water partition coefficient (Wildman–Crippen LogP) is 8.63. The molecular weight excluding hydrogens is 521 g/mol. The van der Waals surface area contributed by atoms with E-state index in [4.69, 9.17) is 4.42 Å². The highest BCUT2D eigenvalue weighted by Crippen LogP contribution is 2.52. The fraction of sp³-hybridized carbons (Fsp3) is 0.350. The summed E-state index contributed by atoms with van der Waals surface area (Å²) in [5, 5.41) is 1.26. The molecule has 0 bridgehead atoms. The Morgan fingerprint density at radius 3 is 2.12 bits per heavy atom. The van der Waals surface area contributed by atoms with E-state index in [0.717, 1.165) is 17.7 Å². The summed E-state index contributed by atoms with van der Waals surface area (Å²) in [5.74, 6) is 0. The van der Waals surface area contributed by atoms with Crippen molar-refractivity contribution in [1.29, 1.82) is 0 Å². The number of benzene rings is 4. The first kappa shape index (κ1) is 26.9. The molecule has 0 saturated carbocycles. The van der Waals surface area contributed by atoms with Crippen LogP contribution >= 0.6 is 0 Å². The van der Waals surface area contributed by atoms with Gasteiger partial charge in [-0.3, -0.25) is 0 Å². The Labute approximate surface area is 257 Å². The lowest BCUT2D eigenvalue weighted by molar-refractivity contribution is 0.403. The van der Waals surface area contributed by atoms with Gasteiger partial charge in [0.1, 0.15) is 5.58 Å². The number of para-hydroxylation sites is 1. The van der Waals surface area contributed by atoms with Crippen LogP contribution in [-0.2, 0) is 21.7 Å². The van der Waals surface area contributed by atoms with E-state index in [-0.39, 0.29) is 28.4 Å². The Hall–Kier alpha value is -3.72. The summed E-state index contributed by atoms with van der Waals surface area (Å²) in [7, 11) is 0. The van der Waals surface area contributed by atoms with E-state index >= 15 is 0 Å². The first-order valence-corrected chi connectivity index (χ1v) is 15.9. The quantitative estimate of drug-likeness (QED) is 0.186. The Kier molecular flexibility index (Phi) is 5.16. The summed E-state index contributed by atoms with van der Waals surface area (Å²) in [6.07, 6.45) is 1.14. The van der Waals surface area contributed by atoms with Gasteiger partial charge in [-0.05, 0) is 92.2 Å². The molecule has 8 rings (SSSR count). The zero-order valence-electron chi connectivity index (χ0n) is 27.1. The average Bonchev–Trinajstić information content (AvgIpc) is 3.41. The summed E-state index contributed by atoms with van der Waals surface area (Å²) in [5.41, 5.74) is 15.8. The molecular formula is C40H42BNO. The Bertz CT molecular complexity index is 1970. The molecule has 43 heavy (non-hydrogen) atoms. The van der Waals surface area contributed by atoms with Crippen molar-refractivity contribution in [2.24, 2.45) is 0 Å². The molecule has 3 aliphatic rings. The van der Waals surface area contributed by atoms with Gasteiger partial charge in [0, 0.05) is 33.4 Å². The van der Waals surface area contributed by atoms with Crippen LogP contribution in [0.1, 0.15) is 96.6 Å². The molecule has 0 N–H and O–H groups in total. The van der Waals surface area contributed by atoms with Crippen molar-refractivity contribution >= 4 is 51.3 Å².